The monoisotopic (exact) mass is 381 g/mol. The van der Waals surface area contributed by atoms with Crippen LogP contribution in [0.1, 0.15) is 50.0 Å². The van der Waals surface area contributed by atoms with Crippen molar-refractivity contribution in [2.75, 3.05) is 26.2 Å². The van der Waals surface area contributed by atoms with Crippen LogP contribution in [-0.2, 0) is 10.2 Å². The van der Waals surface area contributed by atoms with E-state index in [2.05, 4.69) is 5.32 Å². The van der Waals surface area contributed by atoms with Gasteiger partial charge in [0.2, 0.25) is 0 Å². The van der Waals surface area contributed by atoms with Gasteiger partial charge in [-0.25, -0.2) is 4.39 Å². The van der Waals surface area contributed by atoms with E-state index in [1.54, 1.807) is 20.7 Å². The molecular weight excluding hydrogens is 353 g/mol. The van der Waals surface area contributed by atoms with Gasteiger partial charge < -0.3 is 5.32 Å². The van der Waals surface area contributed by atoms with Crippen LogP contribution in [0.4, 0.5) is 4.39 Å². The fourth-order valence-electron chi connectivity index (χ4n) is 4.80. The zero-order chi connectivity index (χ0) is 18.1. The number of fused-ring (bicyclic) bond motifs is 1. The van der Waals surface area contributed by atoms with Gasteiger partial charge in [0.15, 0.2) is 0 Å². The molecule has 3 aliphatic heterocycles. The standard InChI is InChI=1S/C19H28FN3O2S/c20-16-8-6-7-15(13-16)17-14-23(26(24,25)22-11-4-5-12-22)18-9-2-1-3-10-21-19(17)18/h6-8,13,17-19,21H,1-5,9-12,14H2/t17-,18+,19-/m0/s1. The normalized spacial score (nSPS) is 31.5. The predicted molar refractivity (Wildman–Crippen MR) is 99.6 cm³/mol. The minimum atomic E-state index is -3.46. The summed E-state index contributed by atoms with van der Waals surface area (Å²) < 4.78 is 43.7. The molecule has 0 aliphatic carbocycles. The Balaban J connectivity index is 1.68. The van der Waals surface area contributed by atoms with E-state index in [4.69, 9.17) is 0 Å². The number of rotatable bonds is 3. The first kappa shape index (κ1) is 18.3. The molecule has 5 nitrogen and oxygen atoms in total. The lowest BCUT2D eigenvalue weighted by Crippen LogP contribution is -2.50. The van der Waals surface area contributed by atoms with Crippen LogP contribution in [0.2, 0.25) is 0 Å². The highest BCUT2D eigenvalue weighted by Crippen LogP contribution is 2.38. The van der Waals surface area contributed by atoms with Gasteiger partial charge in [0.1, 0.15) is 5.82 Å². The topological polar surface area (TPSA) is 52.7 Å². The van der Waals surface area contributed by atoms with Crippen molar-refractivity contribution >= 4 is 10.2 Å². The molecule has 0 spiro atoms. The Morgan fingerprint density at radius 3 is 2.65 bits per heavy atom. The van der Waals surface area contributed by atoms with Crippen molar-refractivity contribution in [2.45, 2.75) is 56.5 Å². The van der Waals surface area contributed by atoms with Crippen molar-refractivity contribution in [3.63, 3.8) is 0 Å². The van der Waals surface area contributed by atoms with Gasteiger partial charge in [-0.2, -0.15) is 17.0 Å². The number of hydrogen-bond donors (Lipinski definition) is 1. The van der Waals surface area contributed by atoms with Crippen LogP contribution in [0, 0.1) is 5.82 Å². The van der Waals surface area contributed by atoms with E-state index >= 15 is 0 Å². The Kier molecular flexibility index (Phi) is 5.32. The average molecular weight is 382 g/mol. The van der Waals surface area contributed by atoms with Gasteiger partial charge in [0, 0.05) is 37.6 Å². The van der Waals surface area contributed by atoms with Crippen LogP contribution in [0.25, 0.3) is 0 Å². The summed E-state index contributed by atoms with van der Waals surface area (Å²) >= 11 is 0. The van der Waals surface area contributed by atoms with Crippen LogP contribution in [0.5, 0.6) is 0 Å². The Morgan fingerprint density at radius 2 is 1.88 bits per heavy atom. The Hall–Kier alpha value is -1.02. The fraction of sp³-hybridized carbons (Fsp3) is 0.684. The van der Waals surface area contributed by atoms with E-state index in [9.17, 15) is 12.8 Å². The SMILES string of the molecule is O=S(=O)(N1CCCC1)N1C[C@@H](c2cccc(F)c2)[C@@H]2NCCCCC[C@H]21. The molecule has 3 heterocycles. The van der Waals surface area contributed by atoms with Crippen LogP contribution >= 0.6 is 0 Å². The van der Waals surface area contributed by atoms with Gasteiger partial charge in [-0.3, -0.25) is 0 Å². The second-order valence-electron chi connectivity index (χ2n) is 7.74. The Bertz CT molecular complexity index is 736. The minimum absolute atomic E-state index is 0.00817. The summed E-state index contributed by atoms with van der Waals surface area (Å²) in [6, 6.07) is 6.66. The first-order valence-electron chi connectivity index (χ1n) is 9.83. The average Bonchev–Trinajstić information content (AvgIpc) is 3.23. The minimum Gasteiger partial charge on any atom is -0.312 e. The van der Waals surface area contributed by atoms with E-state index in [1.165, 1.54) is 6.07 Å². The molecule has 3 atom stereocenters. The number of nitrogens with zero attached hydrogens (tertiary/aromatic N) is 2. The lowest BCUT2D eigenvalue weighted by Gasteiger charge is -2.32. The molecule has 0 amide bonds. The van der Waals surface area contributed by atoms with Gasteiger partial charge in [0.25, 0.3) is 10.2 Å². The molecular formula is C19H28FN3O2S. The highest BCUT2D eigenvalue weighted by molar-refractivity contribution is 7.86. The predicted octanol–water partition coefficient (Wildman–Crippen LogP) is 2.47. The maximum absolute atomic E-state index is 13.8. The largest absolute Gasteiger partial charge is 0.312 e. The molecule has 0 unspecified atom stereocenters. The Labute approximate surface area is 155 Å². The van der Waals surface area contributed by atoms with Gasteiger partial charge in [-0.1, -0.05) is 25.0 Å². The quantitative estimate of drug-likeness (QED) is 0.875. The van der Waals surface area contributed by atoms with Crippen molar-refractivity contribution in [1.82, 2.24) is 13.9 Å². The highest BCUT2D eigenvalue weighted by atomic mass is 32.2. The summed E-state index contributed by atoms with van der Waals surface area (Å²) in [6.07, 6.45) is 6.02. The molecule has 144 valence electrons. The van der Waals surface area contributed by atoms with E-state index in [-0.39, 0.29) is 23.8 Å². The smallest absolute Gasteiger partial charge is 0.282 e. The fourth-order valence-corrected chi connectivity index (χ4v) is 6.74. The summed E-state index contributed by atoms with van der Waals surface area (Å²) in [6.45, 7) is 2.57. The summed E-state index contributed by atoms with van der Waals surface area (Å²) in [5.74, 6) is -0.267. The molecule has 0 bridgehead atoms. The Morgan fingerprint density at radius 1 is 1.08 bits per heavy atom. The van der Waals surface area contributed by atoms with E-state index in [0.717, 1.165) is 50.6 Å². The second-order valence-corrected chi connectivity index (χ2v) is 9.62. The highest BCUT2D eigenvalue weighted by Gasteiger charge is 2.49. The van der Waals surface area contributed by atoms with Gasteiger partial charge >= 0.3 is 0 Å². The third-order valence-corrected chi connectivity index (χ3v) is 8.15. The first-order valence-corrected chi connectivity index (χ1v) is 11.2. The summed E-state index contributed by atoms with van der Waals surface area (Å²) in [5, 5.41) is 3.60. The third kappa shape index (κ3) is 3.42. The lowest BCUT2D eigenvalue weighted by molar-refractivity contribution is 0.286. The molecule has 7 heteroatoms. The van der Waals surface area contributed by atoms with Gasteiger partial charge in [-0.05, 0) is 49.9 Å². The van der Waals surface area contributed by atoms with E-state index < -0.39 is 10.2 Å². The summed E-state index contributed by atoms with van der Waals surface area (Å²) in [7, 11) is -3.46. The number of nitrogens with one attached hydrogen (secondary N) is 1. The molecule has 26 heavy (non-hydrogen) atoms. The van der Waals surface area contributed by atoms with Crippen LogP contribution < -0.4 is 5.32 Å². The molecule has 3 fully saturated rings. The molecule has 3 aliphatic rings. The van der Waals surface area contributed by atoms with Crippen molar-refractivity contribution < 1.29 is 12.8 Å². The second kappa shape index (κ2) is 7.54. The molecule has 0 aromatic heterocycles. The van der Waals surface area contributed by atoms with Gasteiger partial charge in [0.05, 0.1) is 0 Å². The number of hydrogen-bond acceptors (Lipinski definition) is 3. The first-order chi connectivity index (χ1) is 12.6. The van der Waals surface area contributed by atoms with Crippen molar-refractivity contribution in [3.05, 3.63) is 35.6 Å². The van der Waals surface area contributed by atoms with Gasteiger partial charge in [-0.15, -0.1) is 0 Å². The zero-order valence-corrected chi connectivity index (χ0v) is 15.9. The summed E-state index contributed by atoms with van der Waals surface area (Å²) in [4.78, 5) is 0. The zero-order valence-electron chi connectivity index (χ0n) is 15.1. The van der Waals surface area contributed by atoms with Crippen molar-refractivity contribution in [3.8, 4) is 0 Å². The maximum Gasteiger partial charge on any atom is 0.282 e. The van der Waals surface area contributed by atoms with Crippen LogP contribution in [-0.4, -0.2) is 55.3 Å². The lowest BCUT2D eigenvalue weighted by atomic mass is 9.88. The number of halogens is 1. The van der Waals surface area contributed by atoms with Crippen LogP contribution in [0.15, 0.2) is 24.3 Å². The van der Waals surface area contributed by atoms with E-state index in [1.807, 2.05) is 6.07 Å². The van der Waals surface area contributed by atoms with E-state index in [0.29, 0.717) is 19.6 Å². The summed E-state index contributed by atoms with van der Waals surface area (Å²) in [5.41, 5.74) is 0.896. The maximum atomic E-state index is 13.8. The van der Waals surface area contributed by atoms with Crippen molar-refractivity contribution in [1.29, 1.82) is 0 Å². The number of benzene rings is 1. The molecule has 1 N–H and O–H groups in total. The molecule has 1 aromatic carbocycles. The molecule has 0 saturated carbocycles. The van der Waals surface area contributed by atoms with Crippen LogP contribution in [0.3, 0.4) is 0 Å². The molecule has 3 saturated heterocycles. The van der Waals surface area contributed by atoms with Crippen molar-refractivity contribution in [2.24, 2.45) is 0 Å². The third-order valence-electron chi connectivity index (χ3n) is 6.12. The molecule has 1 aromatic rings. The molecule has 0 radical (unpaired) electrons. The molecule has 4 rings (SSSR count).